The Morgan fingerprint density at radius 1 is 1.14 bits per heavy atom. The molecule has 0 aliphatic carbocycles. The third-order valence-corrected chi connectivity index (χ3v) is 4.91. The first kappa shape index (κ1) is 14.9. The summed E-state index contributed by atoms with van der Waals surface area (Å²) in [5.41, 5.74) is 2.78. The molecule has 21 heavy (non-hydrogen) atoms. The minimum atomic E-state index is 0.0776. The van der Waals surface area contributed by atoms with Gasteiger partial charge < -0.3 is 10.3 Å². The first-order valence-electron chi connectivity index (χ1n) is 8.50. The number of nitrogens with one attached hydrogen (secondary N) is 1. The number of piperidine rings is 1. The molecule has 1 fully saturated rings. The third kappa shape index (κ3) is 2.59. The van der Waals surface area contributed by atoms with E-state index in [2.05, 4.69) is 49.6 Å². The van der Waals surface area contributed by atoms with Crippen LogP contribution in [0, 0.1) is 0 Å². The van der Waals surface area contributed by atoms with Crippen molar-refractivity contribution in [2.45, 2.75) is 84.3 Å². The zero-order valence-electron chi connectivity index (χ0n) is 14.2. The lowest BCUT2D eigenvalue weighted by Crippen LogP contribution is -2.53. The fraction of sp³-hybridized carbons (Fsp3) is 0.824. The van der Waals surface area contributed by atoms with Crippen LogP contribution in [-0.2, 0) is 18.4 Å². The second-order valence-electron chi connectivity index (χ2n) is 7.83. The average molecular weight is 290 g/mol. The number of imidazole rings is 1. The Morgan fingerprint density at radius 3 is 2.43 bits per heavy atom. The highest BCUT2D eigenvalue weighted by Crippen LogP contribution is 2.30. The van der Waals surface area contributed by atoms with Crippen LogP contribution in [0.1, 0.15) is 71.1 Å². The van der Waals surface area contributed by atoms with E-state index < -0.39 is 0 Å². The Balaban J connectivity index is 2.12. The summed E-state index contributed by atoms with van der Waals surface area (Å²) in [6.07, 6.45) is 5.02. The zero-order chi connectivity index (χ0) is 15.2. The van der Waals surface area contributed by atoms with Crippen molar-refractivity contribution in [3.05, 3.63) is 17.2 Å². The quantitative estimate of drug-likeness (QED) is 0.863. The Bertz CT molecular complexity index is 502. The molecule has 2 unspecified atom stereocenters. The van der Waals surface area contributed by atoms with Crippen LogP contribution in [0.25, 0.3) is 0 Å². The van der Waals surface area contributed by atoms with Crippen molar-refractivity contribution in [2.75, 3.05) is 11.6 Å². The van der Waals surface area contributed by atoms with Gasteiger partial charge in [0, 0.05) is 37.0 Å². The lowest BCUT2D eigenvalue weighted by atomic mass is 9.95. The Labute approximate surface area is 128 Å². The van der Waals surface area contributed by atoms with Crippen LogP contribution in [0.4, 0.5) is 0 Å². The molecule has 0 spiro atoms. The molecule has 4 heteroatoms. The van der Waals surface area contributed by atoms with E-state index in [1.165, 1.54) is 36.5 Å². The molecule has 2 atom stereocenters. The molecule has 0 aromatic carbocycles. The Hall–Kier alpha value is -1.03. The van der Waals surface area contributed by atoms with Crippen molar-refractivity contribution in [1.29, 1.82) is 0 Å². The van der Waals surface area contributed by atoms with Gasteiger partial charge in [0.05, 0.1) is 11.4 Å². The third-order valence-electron chi connectivity index (χ3n) is 4.91. The molecule has 3 rings (SSSR count). The van der Waals surface area contributed by atoms with Gasteiger partial charge in [-0.1, -0.05) is 20.8 Å². The van der Waals surface area contributed by atoms with Crippen LogP contribution in [0.3, 0.4) is 0 Å². The van der Waals surface area contributed by atoms with E-state index >= 15 is 0 Å². The SMILES string of the molecule is CC1CCCC(C)N1n1c(C(C)(C)C)nc2c1CCNC2. The standard InChI is InChI=1S/C17H30N4/c1-12-7-6-8-13(2)20(12)21-15-9-10-18-11-14(15)19-16(21)17(3,4)5/h12-13,18H,6-11H2,1-5H3. The van der Waals surface area contributed by atoms with E-state index in [1.54, 1.807) is 0 Å². The number of hydrogen-bond acceptors (Lipinski definition) is 3. The molecular formula is C17H30N4. The summed E-state index contributed by atoms with van der Waals surface area (Å²) in [6.45, 7) is 13.6. The molecule has 1 aromatic rings. The Kier molecular flexibility index (Phi) is 3.76. The lowest BCUT2D eigenvalue weighted by molar-refractivity contribution is 0.314. The summed E-state index contributed by atoms with van der Waals surface area (Å²) in [6, 6.07) is 1.20. The summed E-state index contributed by atoms with van der Waals surface area (Å²) < 4.78 is 2.50. The van der Waals surface area contributed by atoms with Crippen molar-refractivity contribution >= 4 is 0 Å². The fourth-order valence-corrected chi connectivity index (χ4v) is 3.83. The maximum absolute atomic E-state index is 5.02. The molecule has 3 heterocycles. The highest BCUT2D eigenvalue weighted by Gasteiger charge is 2.34. The van der Waals surface area contributed by atoms with Crippen LogP contribution in [0.15, 0.2) is 0 Å². The monoisotopic (exact) mass is 290 g/mol. The van der Waals surface area contributed by atoms with Crippen LogP contribution >= 0.6 is 0 Å². The molecule has 0 bridgehead atoms. The minimum Gasteiger partial charge on any atom is -0.311 e. The van der Waals surface area contributed by atoms with Gasteiger partial charge in [-0.15, -0.1) is 0 Å². The van der Waals surface area contributed by atoms with E-state index in [-0.39, 0.29) is 5.41 Å². The van der Waals surface area contributed by atoms with Crippen LogP contribution < -0.4 is 10.3 Å². The molecule has 0 amide bonds. The van der Waals surface area contributed by atoms with Crippen molar-refractivity contribution < 1.29 is 0 Å². The molecule has 2 aliphatic rings. The van der Waals surface area contributed by atoms with Gasteiger partial charge in [0.15, 0.2) is 0 Å². The molecule has 1 N–H and O–H groups in total. The second-order valence-corrected chi connectivity index (χ2v) is 7.83. The van der Waals surface area contributed by atoms with E-state index in [0.717, 1.165) is 19.5 Å². The highest BCUT2D eigenvalue weighted by atomic mass is 15.6. The van der Waals surface area contributed by atoms with E-state index in [9.17, 15) is 0 Å². The minimum absolute atomic E-state index is 0.0776. The fourth-order valence-electron chi connectivity index (χ4n) is 3.83. The maximum Gasteiger partial charge on any atom is 0.133 e. The van der Waals surface area contributed by atoms with Gasteiger partial charge in [-0.2, -0.15) is 0 Å². The first-order chi connectivity index (χ1) is 9.89. The number of hydrogen-bond donors (Lipinski definition) is 1. The molecular weight excluding hydrogens is 260 g/mol. The predicted molar refractivity (Wildman–Crippen MR) is 87.3 cm³/mol. The van der Waals surface area contributed by atoms with Crippen molar-refractivity contribution in [2.24, 2.45) is 0 Å². The van der Waals surface area contributed by atoms with Crippen molar-refractivity contribution in [3.63, 3.8) is 0 Å². The molecule has 118 valence electrons. The molecule has 1 aromatic heterocycles. The summed E-state index contributed by atoms with van der Waals surface area (Å²) in [4.78, 5) is 5.02. The highest BCUT2D eigenvalue weighted by molar-refractivity contribution is 5.27. The van der Waals surface area contributed by atoms with Gasteiger partial charge in [0.25, 0.3) is 0 Å². The molecule has 2 aliphatic heterocycles. The van der Waals surface area contributed by atoms with Crippen molar-refractivity contribution in [1.82, 2.24) is 15.0 Å². The maximum atomic E-state index is 5.02. The topological polar surface area (TPSA) is 33.1 Å². The van der Waals surface area contributed by atoms with Gasteiger partial charge in [0.1, 0.15) is 5.82 Å². The summed E-state index contributed by atoms with van der Waals surface area (Å²) in [5.74, 6) is 1.23. The smallest absolute Gasteiger partial charge is 0.133 e. The van der Waals surface area contributed by atoms with Crippen LogP contribution in [0.2, 0.25) is 0 Å². The molecule has 4 nitrogen and oxygen atoms in total. The van der Waals surface area contributed by atoms with Gasteiger partial charge in [-0.3, -0.25) is 0 Å². The summed E-state index contributed by atoms with van der Waals surface area (Å²) in [5, 5.41) is 6.08. The van der Waals surface area contributed by atoms with Gasteiger partial charge >= 0.3 is 0 Å². The van der Waals surface area contributed by atoms with Gasteiger partial charge in [0.2, 0.25) is 0 Å². The molecule has 0 saturated carbocycles. The van der Waals surface area contributed by atoms with E-state index in [1.807, 2.05) is 0 Å². The lowest BCUT2D eigenvalue weighted by Gasteiger charge is -2.44. The molecule has 0 radical (unpaired) electrons. The Morgan fingerprint density at radius 2 is 1.81 bits per heavy atom. The summed E-state index contributed by atoms with van der Waals surface area (Å²) >= 11 is 0. The van der Waals surface area contributed by atoms with Crippen LogP contribution in [-0.4, -0.2) is 28.3 Å². The van der Waals surface area contributed by atoms with Gasteiger partial charge in [-0.05, 0) is 33.1 Å². The van der Waals surface area contributed by atoms with E-state index in [4.69, 9.17) is 4.98 Å². The zero-order valence-corrected chi connectivity index (χ0v) is 14.2. The normalized spacial score (nSPS) is 26.8. The van der Waals surface area contributed by atoms with Gasteiger partial charge in [-0.25, -0.2) is 9.66 Å². The summed E-state index contributed by atoms with van der Waals surface area (Å²) in [7, 11) is 0. The first-order valence-corrected chi connectivity index (χ1v) is 8.50. The van der Waals surface area contributed by atoms with E-state index in [0.29, 0.717) is 12.1 Å². The predicted octanol–water partition coefficient (Wildman–Crippen LogP) is 2.73. The number of fused-ring (bicyclic) bond motifs is 1. The van der Waals surface area contributed by atoms with Crippen LogP contribution in [0.5, 0.6) is 0 Å². The second kappa shape index (κ2) is 5.31. The van der Waals surface area contributed by atoms with Crippen molar-refractivity contribution in [3.8, 4) is 0 Å². The number of rotatable bonds is 1. The number of nitrogens with zero attached hydrogens (tertiary/aromatic N) is 3. The number of aromatic nitrogens is 2. The largest absolute Gasteiger partial charge is 0.311 e. The average Bonchev–Trinajstić information content (AvgIpc) is 2.78. The molecule has 1 saturated heterocycles.